The molecule has 4 aliphatic carbocycles. The number of aliphatic carboxylic acids is 1. The maximum Gasteiger partial charge on any atom is 0.322 e. The first-order valence-electron chi connectivity index (χ1n) is 10.4. The number of carboxylic acid groups (broad SMARTS) is 1. The molecule has 0 spiro atoms. The number of hydrogen-bond acceptors (Lipinski definition) is 3. The van der Waals surface area contributed by atoms with Crippen LogP contribution in [0, 0.1) is 17.8 Å². The Bertz CT molecular complexity index is 722. The van der Waals surface area contributed by atoms with Gasteiger partial charge in [-0.3, -0.25) is 15.0 Å². The van der Waals surface area contributed by atoms with E-state index in [9.17, 15) is 14.7 Å². The second-order valence-electron chi connectivity index (χ2n) is 9.41. The van der Waals surface area contributed by atoms with Gasteiger partial charge in [0.1, 0.15) is 6.04 Å². The Hall–Kier alpha value is -1.88. The summed E-state index contributed by atoms with van der Waals surface area (Å²) < 4.78 is 0. The molecular weight excluding hydrogens is 340 g/mol. The summed E-state index contributed by atoms with van der Waals surface area (Å²) in [6, 6.07) is 7.55. The van der Waals surface area contributed by atoms with Crippen molar-refractivity contribution in [2.75, 3.05) is 6.54 Å². The van der Waals surface area contributed by atoms with Gasteiger partial charge >= 0.3 is 5.97 Å². The number of nitrogens with zero attached hydrogens (tertiary/aromatic N) is 1. The van der Waals surface area contributed by atoms with Crippen LogP contribution < -0.4 is 5.43 Å². The van der Waals surface area contributed by atoms with Gasteiger partial charge in [-0.05, 0) is 92.2 Å². The predicted octanol–water partition coefficient (Wildman–Crippen LogP) is 3.35. The van der Waals surface area contributed by atoms with Gasteiger partial charge in [0.2, 0.25) is 0 Å². The van der Waals surface area contributed by atoms with Gasteiger partial charge in [-0.15, -0.1) is 0 Å². The van der Waals surface area contributed by atoms with Crippen molar-refractivity contribution in [1.29, 1.82) is 0 Å². The highest BCUT2D eigenvalue weighted by Gasteiger charge is 2.51. The summed E-state index contributed by atoms with van der Waals surface area (Å²) >= 11 is 0. The van der Waals surface area contributed by atoms with Crippen molar-refractivity contribution < 1.29 is 14.7 Å². The van der Waals surface area contributed by atoms with Gasteiger partial charge in [0.25, 0.3) is 5.91 Å². The molecule has 1 atom stereocenters. The van der Waals surface area contributed by atoms with Crippen LogP contribution in [0.2, 0.25) is 0 Å². The number of nitrogens with one attached hydrogen (secondary N) is 1. The van der Waals surface area contributed by atoms with Crippen molar-refractivity contribution in [2.45, 2.75) is 62.8 Å². The fraction of sp³-hybridized carbons (Fsp3) is 0.636. The molecule has 4 saturated carbocycles. The number of amides is 1. The van der Waals surface area contributed by atoms with Gasteiger partial charge in [-0.25, -0.2) is 5.01 Å². The number of rotatable bonds is 4. The van der Waals surface area contributed by atoms with E-state index in [1.807, 2.05) is 12.1 Å². The van der Waals surface area contributed by atoms with Gasteiger partial charge in [0.05, 0.1) is 0 Å². The van der Waals surface area contributed by atoms with Crippen LogP contribution in [0.4, 0.5) is 0 Å². The van der Waals surface area contributed by atoms with Crippen molar-refractivity contribution in [3.63, 3.8) is 0 Å². The minimum Gasteiger partial charge on any atom is -0.480 e. The van der Waals surface area contributed by atoms with Crippen molar-refractivity contribution in [1.82, 2.24) is 10.4 Å². The van der Waals surface area contributed by atoms with Crippen LogP contribution in [0.1, 0.15) is 67.3 Å². The molecule has 5 nitrogen and oxygen atoms in total. The lowest BCUT2D eigenvalue weighted by atomic mass is 9.48. The molecule has 2 N–H and O–H groups in total. The molecular formula is C22H28N2O3. The van der Waals surface area contributed by atoms with Crippen LogP contribution in [0.15, 0.2) is 24.3 Å². The maximum absolute atomic E-state index is 12.6. The molecule has 1 aromatic carbocycles. The Morgan fingerprint density at radius 3 is 2.15 bits per heavy atom. The molecule has 1 saturated heterocycles. The van der Waals surface area contributed by atoms with Crippen LogP contribution in [0.3, 0.4) is 0 Å². The number of hydrogen-bond donors (Lipinski definition) is 2. The Labute approximate surface area is 160 Å². The summed E-state index contributed by atoms with van der Waals surface area (Å²) in [4.78, 5) is 23.9. The van der Waals surface area contributed by atoms with E-state index in [0.29, 0.717) is 23.9 Å². The molecule has 4 bridgehead atoms. The third-order valence-electron chi connectivity index (χ3n) is 7.58. The molecule has 0 aromatic heterocycles. The van der Waals surface area contributed by atoms with Gasteiger partial charge in [0.15, 0.2) is 0 Å². The van der Waals surface area contributed by atoms with Gasteiger partial charge in [0, 0.05) is 12.1 Å². The first-order chi connectivity index (χ1) is 13.0. The van der Waals surface area contributed by atoms with E-state index < -0.39 is 12.0 Å². The molecule has 6 rings (SSSR count). The Balaban J connectivity index is 1.31. The molecule has 1 unspecified atom stereocenters. The van der Waals surface area contributed by atoms with Crippen molar-refractivity contribution in [2.24, 2.45) is 17.8 Å². The summed E-state index contributed by atoms with van der Waals surface area (Å²) in [7, 11) is 0. The zero-order valence-corrected chi connectivity index (χ0v) is 15.7. The molecule has 144 valence electrons. The molecule has 5 heteroatoms. The Morgan fingerprint density at radius 2 is 1.59 bits per heavy atom. The molecule has 1 amide bonds. The first kappa shape index (κ1) is 17.2. The normalized spacial score (nSPS) is 37.5. The SMILES string of the molecule is O=C(NN1CCCC1C(=O)O)c1ccc(C23CC4CC(CC(C4)C2)C3)cc1. The summed E-state index contributed by atoms with van der Waals surface area (Å²) in [5.74, 6) is 1.64. The quantitative estimate of drug-likeness (QED) is 0.855. The van der Waals surface area contributed by atoms with E-state index in [1.54, 1.807) is 5.01 Å². The Morgan fingerprint density at radius 1 is 1.00 bits per heavy atom. The number of carbonyl (C=O) groups excluding carboxylic acids is 1. The van der Waals surface area contributed by atoms with E-state index in [-0.39, 0.29) is 5.91 Å². The van der Waals surface area contributed by atoms with Gasteiger partial charge < -0.3 is 5.11 Å². The predicted molar refractivity (Wildman–Crippen MR) is 101 cm³/mol. The van der Waals surface area contributed by atoms with Crippen molar-refractivity contribution >= 4 is 11.9 Å². The lowest BCUT2D eigenvalue weighted by Crippen LogP contribution is -2.48. The fourth-order valence-electron chi connectivity index (χ4n) is 6.79. The second kappa shape index (κ2) is 6.33. The molecule has 27 heavy (non-hydrogen) atoms. The van der Waals surface area contributed by atoms with E-state index in [4.69, 9.17) is 0 Å². The minimum absolute atomic E-state index is 0.208. The monoisotopic (exact) mass is 368 g/mol. The summed E-state index contributed by atoms with van der Waals surface area (Å²) in [5, 5.41) is 10.8. The molecule has 5 fully saturated rings. The zero-order chi connectivity index (χ0) is 18.6. The first-order valence-corrected chi connectivity index (χ1v) is 10.4. The topological polar surface area (TPSA) is 69.6 Å². The van der Waals surface area contributed by atoms with E-state index in [2.05, 4.69) is 17.6 Å². The largest absolute Gasteiger partial charge is 0.480 e. The van der Waals surface area contributed by atoms with Crippen LogP contribution >= 0.6 is 0 Å². The van der Waals surface area contributed by atoms with Crippen LogP contribution in [0.5, 0.6) is 0 Å². The maximum atomic E-state index is 12.6. The highest BCUT2D eigenvalue weighted by atomic mass is 16.4. The third kappa shape index (κ3) is 2.96. The summed E-state index contributed by atoms with van der Waals surface area (Å²) in [5.41, 5.74) is 5.15. The van der Waals surface area contributed by atoms with Gasteiger partial charge in [-0.2, -0.15) is 0 Å². The van der Waals surface area contributed by atoms with E-state index in [0.717, 1.165) is 24.2 Å². The zero-order valence-electron chi connectivity index (χ0n) is 15.7. The highest BCUT2D eigenvalue weighted by Crippen LogP contribution is 2.60. The number of carbonyl (C=O) groups is 2. The molecule has 0 radical (unpaired) electrons. The third-order valence-corrected chi connectivity index (χ3v) is 7.58. The molecule has 5 aliphatic rings. The standard InChI is InChI=1S/C22H28N2O3/c25-20(23-24-7-1-2-19(24)21(26)27)17-3-5-18(6-4-17)22-11-14-8-15(12-22)10-16(9-14)13-22/h3-6,14-16,19H,1-2,7-13H2,(H,23,25)(H,26,27). The fourth-order valence-corrected chi connectivity index (χ4v) is 6.79. The lowest BCUT2D eigenvalue weighted by molar-refractivity contribution is -0.142. The molecule has 1 heterocycles. The summed E-state index contributed by atoms with van der Waals surface area (Å²) in [6.45, 7) is 0.591. The number of benzene rings is 1. The lowest BCUT2D eigenvalue weighted by Gasteiger charge is -2.57. The van der Waals surface area contributed by atoms with E-state index >= 15 is 0 Å². The van der Waals surface area contributed by atoms with Crippen LogP contribution in [-0.4, -0.2) is 34.6 Å². The van der Waals surface area contributed by atoms with Gasteiger partial charge in [-0.1, -0.05) is 12.1 Å². The van der Waals surface area contributed by atoms with Crippen LogP contribution in [0.25, 0.3) is 0 Å². The average Bonchev–Trinajstić information content (AvgIpc) is 3.09. The van der Waals surface area contributed by atoms with Crippen LogP contribution in [-0.2, 0) is 10.2 Å². The molecule has 1 aliphatic heterocycles. The van der Waals surface area contributed by atoms with E-state index in [1.165, 1.54) is 44.1 Å². The van der Waals surface area contributed by atoms with Crippen molar-refractivity contribution in [3.8, 4) is 0 Å². The number of carboxylic acids is 1. The smallest absolute Gasteiger partial charge is 0.322 e. The van der Waals surface area contributed by atoms with Crippen molar-refractivity contribution in [3.05, 3.63) is 35.4 Å². The highest BCUT2D eigenvalue weighted by molar-refractivity contribution is 5.94. The summed E-state index contributed by atoms with van der Waals surface area (Å²) in [6.07, 6.45) is 9.62. The number of hydrazine groups is 1. The molecule has 1 aromatic rings. The minimum atomic E-state index is -0.870. The average molecular weight is 368 g/mol. The Kier molecular flexibility index (Phi) is 4.04. The second-order valence-corrected chi connectivity index (χ2v) is 9.41.